The van der Waals surface area contributed by atoms with Crippen molar-refractivity contribution in [2.75, 3.05) is 6.61 Å². The summed E-state index contributed by atoms with van der Waals surface area (Å²) in [5.74, 6) is 0. The molecule has 3 heterocycles. The molecule has 0 amide bonds. The number of rotatable bonds is 6. The molecule has 134 valence electrons. The Morgan fingerprint density at radius 2 is 1.92 bits per heavy atom. The molecule has 3 aromatic rings. The van der Waals surface area contributed by atoms with Crippen molar-refractivity contribution in [3.8, 4) is 11.3 Å². The molecule has 0 aliphatic heterocycles. The van der Waals surface area contributed by atoms with Crippen molar-refractivity contribution in [1.29, 1.82) is 0 Å². The van der Waals surface area contributed by atoms with Gasteiger partial charge in [-0.3, -0.25) is 4.68 Å². The molecule has 0 N–H and O–H groups in total. The molecule has 0 fully saturated rings. The normalized spacial score (nSPS) is 12.2. The minimum atomic E-state index is -1.12. The van der Waals surface area contributed by atoms with Crippen molar-refractivity contribution in [2.45, 2.75) is 32.4 Å². The van der Waals surface area contributed by atoms with E-state index in [0.717, 1.165) is 23.6 Å². The van der Waals surface area contributed by atoms with Gasteiger partial charge in [0.05, 0.1) is 22.3 Å². The Hall–Kier alpha value is -1.41. The second kappa shape index (κ2) is 7.07. The van der Waals surface area contributed by atoms with E-state index < -0.39 is 8.07 Å². The lowest BCUT2D eigenvalue weighted by molar-refractivity contribution is 0.0899. The average Bonchev–Trinajstić information content (AvgIpc) is 3.06. The highest BCUT2D eigenvalue weighted by molar-refractivity contribution is 6.76. The minimum absolute atomic E-state index is 0.171. The maximum absolute atomic E-state index is 6.46. The lowest BCUT2D eigenvalue weighted by atomic mass is 10.2. The topological polar surface area (TPSA) is 57.8 Å². The van der Waals surface area contributed by atoms with Gasteiger partial charge in [0, 0.05) is 39.7 Å². The molecule has 0 bridgehead atoms. The molecule has 25 heavy (non-hydrogen) atoms. The second-order valence-corrected chi connectivity index (χ2v) is 13.6. The molecule has 0 spiro atoms. The summed E-state index contributed by atoms with van der Waals surface area (Å²) < 4.78 is 9.41. The summed E-state index contributed by atoms with van der Waals surface area (Å²) in [6.45, 7) is 8.08. The van der Waals surface area contributed by atoms with Gasteiger partial charge in [-0.1, -0.05) is 31.2 Å². The van der Waals surface area contributed by atoms with E-state index in [0.29, 0.717) is 23.1 Å². The Bertz CT molecular complexity index is 900. The highest BCUT2D eigenvalue weighted by Gasteiger charge is 2.18. The number of halogens is 2. The number of ether oxygens (including phenoxy) is 1. The Balaban J connectivity index is 1.93. The summed E-state index contributed by atoms with van der Waals surface area (Å²) in [5.41, 5.74) is 2.18. The van der Waals surface area contributed by atoms with E-state index in [1.54, 1.807) is 10.9 Å². The highest BCUT2D eigenvalue weighted by atomic mass is 35.5. The first-order valence-electron chi connectivity index (χ1n) is 8.03. The van der Waals surface area contributed by atoms with Crippen LogP contribution in [0.5, 0.6) is 0 Å². The fourth-order valence-electron chi connectivity index (χ4n) is 2.50. The molecule has 6 nitrogen and oxygen atoms in total. The smallest absolute Gasteiger partial charge is 0.224 e. The fraction of sp³-hybridized carbons (Fsp3) is 0.438. The van der Waals surface area contributed by atoms with Gasteiger partial charge in [-0.25, -0.2) is 4.98 Å². The van der Waals surface area contributed by atoms with Crippen molar-refractivity contribution >= 4 is 42.3 Å². The summed E-state index contributed by atoms with van der Waals surface area (Å²) >= 11 is 12.6. The Morgan fingerprint density at radius 1 is 1.16 bits per heavy atom. The summed E-state index contributed by atoms with van der Waals surface area (Å²) in [7, 11) is 0.730. The Labute approximate surface area is 157 Å². The van der Waals surface area contributed by atoms with E-state index >= 15 is 0 Å². The first-order valence-corrected chi connectivity index (χ1v) is 12.5. The molecule has 0 atom stereocenters. The largest absolute Gasteiger partial charge is 0.361 e. The third-order valence-electron chi connectivity index (χ3n) is 3.85. The van der Waals surface area contributed by atoms with Crippen LogP contribution in [-0.4, -0.2) is 39.0 Å². The van der Waals surface area contributed by atoms with Crippen LogP contribution in [-0.2, 0) is 18.5 Å². The SMILES string of the molecule is Cn1cc(-c2nc(Cl)nc3c2c(Cl)cn3COCC[Si](C)(C)C)cn1. The first kappa shape index (κ1) is 18.4. The van der Waals surface area contributed by atoms with Gasteiger partial charge in [0.2, 0.25) is 5.28 Å². The van der Waals surface area contributed by atoms with E-state index in [9.17, 15) is 0 Å². The Kier molecular flexibility index (Phi) is 5.20. The number of hydrogen-bond donors (Lipinski definition) is 0. The molecule has 3 rings (SSSR count). The summed E-state index contributed by atoms with van der Waals surface area (Å²) in [6, 6.07) is 1.11. The Morgan fingerprint density at radius 3 is 2.56 bits per heavy atom. The number of aromatic nitrogens is 5. The van der Waals surface area contributed by atoms with Crippen LogP contribution in [0.25, 0.3) is 22.3 Å². The summed E-state index contributed by atoms with van der Waals surface area (Å²) in [4.78, 5) is 8.71. The standard InChI is InChI=1S/C16H21Cl2N5OSi/c1-22-8-11(7-19-22)14-13-12(17)9-23(15(13)21-16(18)20-14)10-24-5-6-25(2,3)4/h7-9H,5-6,10H2,1-4H3. The van der Waals surface area contributed by atoms with E-state index in [2.05, 4.69) is 34.7 Å². The second-order valence-electron chi connectivity index (χ2n) is 7.24. The molecule has 0 aromatic carbocycles. The van der Waals surface area contributed by atoms with Gasteiger partial charge >= 0.3 is 0 Å². The highest BCUT2D eigenvalue weighted by Crippen LogP contribution is 2.33. The molecule has 0 unspecified atom stereocenters. The lowest BCUT2D eigenvalue weighted by Crippen LogP contribution is -2.22. The molecule has 0 saturated heterocycles. The van der Waals surface area contributed by atoms with E-state index in [1.807, 2.05) is 24.0 Å². The zero-order valence-electron chi connectivity index (χ0n) is 14.8. The molecule has 3 aromatic heterocycles. The molecule has 0 aliphatic rings. The quantitative estimate of drug-likeness (QED) is 0.350. The van der Waals surface area contributed by atoms with Crippen LogP contribution in [0.3, 0.4) is 0 Å². The van der Waals surface area contributed by atoms with Crippen molar-refractivity contribution in [3.63, 3.8) is 0 Å². The van der Waals surface area contributed by atoms with Crippen LogP contribution in [0.15, 0.2) is 18.6 Å². The summed E-state index contributed by atoms with van der Waals surface area (Å²) in [5, 5.41) is 5.69. The van der Waals surface area contributed by atoms with Crippen molar-refractivity contribution in [3.05, 3.63) is 28.9 Å². The molecular formula is C16H21Cl2N5OSi. The number of fused-ring (bicyclic) bond motifs is 1. The molecule has 0 radical (unpaired) electrons. The van der Waals surface area contributed by atoms with Gasteiger partial charge in [0.15, 0.2) is 0 Å². The van der Waals surface area contributed by atoms with Crippen LogP contribution in [0, 0.1) is 0 Å². The van der Waals surface area contributed by atoms with Gasteiger partial charge in [0.1, 0.15) is 12.4 Å². The van der Waals surface area contributed by atoms with Gasteiger partial charge in [-0.15, -0.1) is 0 Å². The predicted molar refractivity (Wildman–Crippen MR) is 104 cm³/mol. The summed E-state index contributed by atoms with van der Waals surface area (Å²) in [6.07, 6.45) is 5.41. The minimum Gasteiger partial charge on any atom is -0.361 e. The van der Waals surface area contributed by atoms with Crippen molar-refractivity contribution in [1.82, 2.24) is 24.3 Å². The number of hydrogen-bond acceptors (Lipinski definition) is 4. The van der Waals surface area contributed by atoms with Gasteiger partial charge in [-0.2, -0.15) is 10.1 Å². The molecule has 0 aliphatic carbocycles. The predicted octanol–water partition coefficient (Wildman–Crippen LogP) is 4.45. The maximum atomic E-state index is 6.46. The average molecular weight is 398 g/mol. The lowest BCUT2D eigenvalue weighted by Gasteiger charge is -2.15. The van der Waals surface area contributed by atoms with Crippen LogP contribution in [0.2, 0.25) is 36.0 Å². The van der Waals surface area contributed by atoms with Crippen LogP contribution >= 0.6 is 23.2 Å². The molecule has 0 saturated carbocycles. The van der Waals surface area contributed by atoms with Crippen LogP contribution in [0.1, 0.15) is 0 Å². The maximum Gasteiger partial charge on any atom is 0.224 e. The van der Waals surface area contributed by atoms with Gasteiger partial charge in [-0.05, 0) is 17.6 Å². The molecular weight excluding hydrogens is 377 g/mol. The van der Waals surface area contributed by atoms with Gasteiger partial charge < -0.3 is 9.30 Å². The van der Waals surface area contributed by atoms with E-state index in [1.165, 1.54) is 0 Å². The van der Waals surface area contributed by atoms with E-state index in [4.69, 9.17) is 27.9 Å². The number of aryl methyl sites for hydroxylation is 1. The van der Waals surface area contributed by atoms with Crippen LogP contribution < -0.4 is 0 Å². The van der Waals surface area contributed by atoms with Crippen molar-refractivity contribution < 1.29 is 4.74 Å². The third kappa shape index (κ3) is 4.23. The third-order valence-corrected chi connectivity index (χ3v) is 6.01. The van der Waals surface area contributed by atoms with Crippen LogP contribution in [0.4, 0.5) is 0 Å². The zero-order valence-corrected chi connectivity index (χ0v) is 17.3. The zero-order chi connectivity index (χ0) is 18.2. The fourth-order valence-corrected chi connectivity index (χ4v) is 3.72. The van der Waals surface area contributed by atoms with E-state index in [-0.39, 0.29) is 5.28 Å². The van der Waals surface area contributed by atoms with Gasteiger partial charge in [0.25, 0.3) is 0 Å². The monoisotopic (exact) mass is 397 g/mol. The number of nitrogens with zero attached hydrogens (tertiary/aromatic N) is 5. The van der Waals surface area contributed by atoms with Crippen molar-refractivity contribution in [2.24, 2.45) is 7.05 Å². The molecule has 9 heteroatoms. The first-order chi connectivity index (χ1) is 11.7.